The molecule has 0 bridgehead atoms. The van der Waals surface area contributed by atoms with E-state index in [1.807, 2.05) is 27.7 Å². The van der Waals surface area contributed by atoms with Crippen LogP contribution in [0.1, 0.15) is 45.0 Å². The van der Waals surface area contributed by atoms with E-state index in [4.69, 9.17) is 10.5 Å². The van der Waals surface area contributed by atoms with Gasteiger partial charge in [-0.25, -0.2) is 0 Å². The van der Waals surface area contributed by atoms with Gasteiger partial charge >= 0.3 is 5.97 Å². The number of allylic oxidation sites excluding steroid dienone is 2. The van der Waals surface area contributed by atoms with Gasteiger partial charge in [0.2, 0.25) is 0 Å². The largest absolute Gasteiger partial charge is 0.452 e. The molecule has 1 aliphatic carbocycles. The lowest BCUT2D eigenvalue weighted by atomic mass is 10.1. The normalized spacial score (nSPS) is 21.8. The average Bonchev–Trinajstić information content (AvgIpc) is 2.84. The van der Waals surface area contributed by atoms with E-state index in [1.54, 1.807) is 5.38 Å². The van der Waals surface area contributed by atoms with Crippen LogP contribution in [0, 0.1) is 17.3 Å². The van der Waals surface area contributed by atoms with Gasteiger partial charge in [0, 0.05) is 0 Å². The standard InChI is InChI=1S/C18H24N2O4S/c1-9(2)8-12-13(18(12,4)5)17(23)24-10(3)15(22)20-16-11(14(19)21)6-7-25-16/h6-8,10,12-13H,1-5H3,(H2,19,21)(H,20,22)/t10-,12+,13+/m0/s1. The number of rotatable bonds is 6. The summed E-state index contributed by atoms with van der Waals surface area (Å²) < 4.78 is 5.34. The van der Waals surface area contributed by atoms with Crippen molar-refractivity contribution in [2.45, 2.75) is 40.7 Å². The first-order valence-corrected chi connectivity index (χ1v) is 8.97. The van der Waals surface area contributed by atoms with Gasteiger partial charge in [-0.15, -0.1) is 11.3 Å². The zero-order valence-electron chi connectivity index (χ0n) is 15.1. The third-order valence-corrected chi connectivity index (χ3v) is 5.34. The zero-order valence-corrected chi connectivity index (χ0v) is 15.9. The highest BCUT2D eigenvalue weighted by atomic mass is 32.1. The second-order valence-corrected chi connectivity index (χ2v) is 8.08. The molecule has 1 aromatic heterocycles. The van der Waals surface area contributed by atoms with Crippen molar-refractivity contribution in [2.75, 3.05) is 5.32 Å². The minimum atomic E-state index is -0.959. The van der Waals surface area contributed by atoms with Gasteiger partial charge in [0.05, 0.1) is 11.5 Å². The Balaban J connectivity index is 1.97. The summed E-state index contributed by atoms with van der Waals surface area (Å²) in [5.41, 5.74) is 6.47. The predicted octanol–water partition coefficient (Wildman–Crippen LogP) is 2.96. The fourth-order valence-electron chi connectivity index (χ4n) is 2.91. The first-order chi connectivity index (χ1) is 11.6. The van der Waals surface area contributed by atoms with Crippen molar-refractivity contribution in [1.29, 1.82) is 0 Å². The Morgan fingerprint density at radius 3 is 2.56 bits per heavy atom. The Labute approximate surface area is 151 Å². The highest BCUT2D eigenvalue weighted by Crippen LogP contribution is 2.59. The van der Waals surface area contributed by atoms with E-state index in [1.165, 1.54) is 24.3 Å². The van der Waals surface area contributed by atoms with Gasteiger partial charge in [0.15, 0.2) is 6.10 Å². The van der Waals surface area contributed by atoms with Crippen LogP contribution in [0.5, 0.6) is 0 Å². The van der Waals surface area contributed by atoms with Crippen molar-refractivity contribution in [1.82, 2.24) is 0 Å². The van der Waals surface area contributed by atoms with Crippen molar-refractivity contribution < 1.29 is 19.1 Å². The van der Waals surface area contributed by atoms with Crippen LogP contribution in [0.3, 0.4) is 0 Å². The van der Waals surface area contributed by atoms with Gasteiger partial charge in [0.25, 0.3) is 11.8 Å². The molecule has 0 unspecified atom stereocenters. The number of hydrogen-bond donors (Lipinski definition) is 2. The van der Waals surface area contributed by atoms with Crippen LogP contribution in [-0.4, -0.2) is 23.9 Å². The van der Waals surface area contributed by atoms with Crippen LogP contribution in [0.15, 0.2) is 23.1 Å². The Hall–Kier alpha value is -2.15. The number of thiophene rings is 1. The topological polar surface area (TPSA) is 98.5 Å². The van der Waals surface area contributed by atoms with Gasteiger partial charge in [-0.3, -0.25) is 14.4 Å². The molecule has 7 heteroatoms. The molecule has 2 rings (SSSR count). The van der Waals surface area contributed by atoms with E-state index < -0.39 is 17.9 Å². The number of nitrogens with two attached hydrogens (primary N) is 1. The van der Waals surface area contributed by atoms with Crippen LogP contribution in [-0.2, 0) is 14.3 Å². The smallest absolute Gasteiger partial charge is 0.310 e. The van der Waals surface area contributed by atoms with Crippen LogP contribution in [0.4, 0.5) is 5.00 Å². The quantitative estimate of drug-likeness (QED) is 0.599. The van der Waals surface area contributed by atoms with Crippen molar-refractivity contribution in [2.24, 2.45) is 23.0 Å². The molecule has 0 spiro atoms. The monoisotopic (exact) mass is 364 g/mol. The van der Waals surface area contributed by atoms with E-state index in [0.717, 1.165) is 5.57 Å². The maximum absolute atomic E-state index is 12.4. The fourth-order valence-corrected chi connectivity index (χ4v) is 3.71. The van der Waals surface area contributed by atoms with Crippen molar-refractivity contribution in [3.8, 4) is 0 Å². The van der Waals surface area contributed by atoms with Gasteiger partial charge in [-0.1, -0.05) is 25.5 Å². The lowest BCUT2D eigenvalue weighted by Gasteiger charge is -2.14. The third-order valence-electron chi connectivity index (χ3n) is 4.51. The molecule has 0 aromatic carbocycles. The van der Waals surface area contributed by atoms with Crippen molar-refractivity contribution >= 4 is 34.1 Å². The molecule has 0 aliphatic heterocycles. The van der Waals surface area contributed by atoms with E-state index in [-0.39, 0.29) is 28.8 Å². The number of ether oxygens (including phenoxy) is 1. The molecule has 0 radical (unpaired) electrons. The summed E-state index contributed by atoms with van der Waals surface area (Å²) in [5.74, 6) is -1.61. The third kappa shape index (κ3) is 4.10. The number of esters is 1. The average molecular weight is 364 g/mol. The SMILES string of the molecule is CC(C)=C[C@@H]1[C@H](C(=O)O[C@@H](C)C(=O)Nc2sccc2C(N)=O)C1(C)C. The summed E-state index contributed by atoms with van der Waals surface area (Å²) in [5, 5.41) is 4.60. The van der Waals surface area contributed by atoms with Crippen molar-refractivity contribution in [3.05, 3.63) is 28.7 Å². The van der Waals surface area contributed by atoms with Gasteiger partial charge in [-0.05, 0) is 43.6 Å². The zero-order chi connectivity index (χ0) is 18.9. The number of carbonyl (C=O) groups excluding carboxylic acids is 3. The highest BCUT2D eigenvalue weighted by molar-refractivity contribution is 7.14. The van der Waals surface area contributed by atoms with E-state index in [2.05, 4.69) is 11.4 Å². The van der Waals surface area contributed by atoms with Gasteiger partial charge in [-0.2, -0.15) is 0 Å². The number of primary amides is 1. The number of nitrogens with one attached hydrogen (secondary N) is 1. The molecule has 1 saturated carbocycles. The second kappa shape index (κ2) is 7.00. The lowest BCUT2D eigenvalue weighted by Crippen LogP contribution is -2.31. The first kappa shape index (κ1) is 19.2. The first-order valence-electron chi connectivity index (χ1n) is 8.09. The van der Waals surface area contributed by atoms with Crippen LogP contribution < -0.4 is 11.1 Å². The molecule has 0 saturated heterocycles. The number of carbonyl (C=O) groups is 3. The molecule has 3 atom stereocenters. The minimum Gasteiger partial charge on any atom is -0.452 e. The van der Waals surface area contributed by atoms with Crippen LogP contribution >= 0.6 is 11.3 Å². The van der Waals surface area contributed by atoms with E-state index in [9.17, 15) is 14.4 Å². The molecule has 1 aliphatic rings. The number of amides is 2. The summed E-state index contributed by atoms with van der Waals surface area (Å²) in [6.45, 7) is 9.52. The molecular weight excluding hydrogens is 340 g/mol. The van der Waals surface area contributed by atoms with Gasteiger partial charge < -0.3 is 15.8 Å². The maximum Gasteiger partial charge on any atom is 0.310 e. The summed E-state index contributed by atoms with van der Waals surface area (Å²) in [4.78, 5) is 35.9. The Bertz CT molecular complexity index is 731. The predicted molar refractivity (Wildman–Crippen MR) is 97.2 cm³/mol. The minimum absolute atomic E-state index is 0.124. The molecule has 2 amide bonds. The summed E-state index contributed by atoms with van der Waals surface area (Å²) in [6.07, 6.45) is 1.11. The molecular formula is C18H24N2O4S. The number of hydrogen-bond acceptors (Lipinski definition) is 5. The van der Waals surface area contributed by atoms with E-state index in [0.29, 0.717) is 5.00 Å². The molecule has 136 valence electrons. The van der Waals surface area contributed by atoms with Crippen molar-refractivity contribution in [3.63, 3.8) is 0 Å². The molecule has 1 fully saturated rings. The van der Waals surface area contributed by atoms with Gasteiger partial charge in [0.1, 0.15) is 5.00 Å². The lowest BCUT2D eigenvalue weighted by molar-refractivity contribution is -0.155. The molecule has 1 aromatic rings. The Morgan fingerprint density at radius 1 is 1.36 bits per heavy atom. The molecule has 25 heavy (non-hydrogen) atoms. The Kier molecular flexibility index (Phi) is 5.37. The fraction of sp³-hybridized carbons (Fsp3) is 0.500. The number of anilines is 1. The second-order valence-electron chi connectivity index (χ2n) is 7.16. The summed E-state index contributed by atoms with van der Waals surface area (Å²) in [7, 11) is 0. The van der Waals surface area contributed by atoms with Crippen LogP contribution in [0.25, 0.3) is 0 Å². The molecule has 3 N–H and O–H groups in total. The Morgan fingerprint density at radius 2 is 2.00 bits per heavy atom. The summed E-state index contributed by atoms with van der Waals surface area (Å²) in [6, 6.07) is 1.54. The molecule has 6 nitrogen and oxygen atoms in total. The maximum atomic E-state index is 12.4. The van der Waals surface area contributed by atoms with E-state index >= 15 is 0 Å². The summed E-state index contributed by atoms with van der Waals surface area (Å²) >= 11 is 1.19. The highest BCUT2D eigenvalue weighted by Gasteiger charge is 2.61. The van der Waals surface area contributed by atoms with Crippen LogP contribution in [0.2, 0.25) is 0 Å². The molecule has 1 heterocycles.